The topological polar surface area (TPSA) is 49.3 Å². The summed E-state index contributed by atoms with van der Waals surface area (Å²) >= 11 is 6.20. The number of halogens is 1. The number of aliphatic hydroxyl groups is 1. The summed E-state index contributed by atoms with van der Waals surface area (Å²) < 4.78 is 0. The zero-order valence-corrected chi connectivity index (χ0v) is 11.6. The molecule has 1 amide bonds. The summed E-state index contributed by atoms with van der Waals surface area (Å²) in [5.41, 5.74) is 2.13. The Balaban J connectivity index is 2.41. The number of hydrogen-bond donors (Lipinski definition) is 2. The molecule has 1 aromatic carbocycles. The van der Waals surface area contributed by atoms with Gasteiger partial charge in [0.05, 0.1) is 12.5 Å². The van der Waals surface area contributed by atoms with E-state index in [-0.39, 0.29) is 11.3 Å². The van der Waals surface area contributed by atoms with Crippen LogP contribution in [0.15, 0.2) is 12.1 Å². The fourth-order valence-corrected chi connectivity index (χ4v) is 2.36. The number of benzene rings is 1. The number of amides is 1. The molecule has 2 rings (SSSR count). The first-order valence-corrected chi connectivity index (χ1v) is 6.53. The highest BCUT2D eigenvalue weighted by Crippen LogP contribution is 2.41. The lowest BCUT2D eigenvalue weighted by Gasteiger charge is -2.30. The smallest absolute Gasteiger partial charge is 0.228 e. The number of aliphatic hydroxyl groups excluding tert-OH is 1. The highest BCUT2D eigenvalue weighted by molar-refractivity contribution is 6.32. The van der Waals surface area contributed by atoms with E-state index in [1.165, 1.54) is 0 Å². The van der Waals surface area contributed by atoms with Crippen molar-refractivity contribution in [1.29, 1.82) is 0 Å². The number of nitrogens with one attached hydrogen (secondary N) is 1. The Hall–Kier alpha value is -1.06. The Bertz CT molecular complexity index is 497. The molecule has 4 heteroatoms. The SMILES string of the molecule is CCC(C)(C)C(O)c1cc2c(cc1Cl)NC(=O)C2. The maximum atomic E-state index is 11.3. The molecule has 1 unspecified atom stereocenters. The van der Waals surface area contributed by atoms with Crippen molar-refractivity contribution >= 4 is 23.2 Å². The molecule has 0 radical (unpaired) electrons. The van der Waals surface area contributed by atoms with Crippen LogP contribution in [0.4, 0.5) is 5.69 Å². The van der Waals surface area contributed by atoms with Crippen molar-refractivity contribution in [2.24, 2.45) is 5.41 Å². The summed E-state index contributed by atoms with van der Waals surface area (Å²) in [6, 6.07) is 3.57. The number of fused-ring (bicyclic) bond motifs is 1. The number of carbonyl (C=O) groups excluding carboxylic acids is 1. The van der Waals surface area contributed by atoms with Crippen LogP contribution >= 0.6 is 11.6 Å². The van der Waals surface area contributed by atoms with Crippen LogP contribution in [-0.2, 0) is 11.2 Å². The molecule has 2 N–H and O–H groups in total. The van der Waals surface area contributed by atoms with Gasteiger partial charge < -0.3 is 10.4 Å². The average Bonchev–Trinajstić information content (AvgIpc) is 2.66. The van der Waals surface area contributed by atoms with E-state index in [1.807, 2.05) is 26.8 Å². The average molecular weight is 268 g/mol. The summed E-state index contributed by atoms with van der Waals surface area (Å²) in [6.45, 7) is 6.05. The Morgan fingerprint density at radius 2 is 2.17 bits per heavy atom. The van der Waals surface area contributed by atoms with Crippen LogP contribution in [-0.4, -0.2) is 11.0 Å². The molecule has 0 spiro atoms. The van der Waals surface area contributed by atoms with Gasteiger partial charge in [-0.3, -0.25) is 4.79 Å². The summed E-state index contributed by atoms with van der Waals surface area (Å²) in [5, 5.41) is 13.7. The third-order valence-corrected chi connectivity index (χ3v) is 4.12. The van der Waals surface area contributed by atoms with E-state index < -0.39 is 6.10 Å². The standard InChI is InChI=1S/C14H18ClNO2/c1-4-14(2,3)13(18)9-5-8-6-12(17)16-11(8)7-10(9)15/h5,7,13,18H,4,6H2,1-3H3,(H,16,17). The Labute approximate surface area is 112 Å². The van der Waals surface area contributed by atoms with Gasteiger partial charge in [0.15, 0.2) is 0 Å². The molecule has 0 saturated heterocycles. The molecule has 1 atom stereocenters. The summed E-state index contributed by atoms with van der Waals surface area (Å²) in [6.07, 6.45) is 0.577. The molecule has 0 fully saturated rings. The molecule has 1 heterocycles. The molecular weight excluding hydrogens is 250 g/mol. The van der Waals surface area contributed by atoms with E-state index in [1.54, 1.807) is 6.07 Å². The fourth-order valence-electron chi connectivity index (χ4n) is 2.09. The van der Waals surface area contributed by atoms with Crippen LogP contribution in [0.3, 0.4) is 0 Å². The van der Waals surface area contributed by atoms with Crippen molar-refractivity contribution in [3.63, 3.8) is 0 Å². The van der Waals surface area contributed by atoms with Gasteiger partial charge in [0.2, 0.25) is 5.91 Å². The number of hydrogen-bond acceptors (Lipinski definition) is 2. The first-order valence-electron chi connectivity index (χ1n) is 6.15. The molecule has 1 aliphatic rings. The first kappa shape index (κ1) is 13.4. The van der Waals surface area contributed by atoms with Gasteiger partial charge in [-0.2, -0.15) is 0 Å². The monoisotopic (exact) mass is 267 g/mol. The molecule has 18 heavy (non-hydrogen) atoms. The molecule has 0 aromatic heterocycles. The highest BCUT2D eigenvalue weighted by atomic mass is 35.5. The van der Waals surface area contributed by atoms with Gasteiger partial charge in [-0.05, 0) is 29.5 Å². The summed E-state index contributed by atoms with van der Waals surface area (Å²) in [4.78, 5) is 11.3. The zero-order chi connectivity index (χ0) is 13.5. The first-order chi connectivity index (χ1) is 8.35. The highest BCUT2D eigenvalue weighted by Gasteiger charge is 2.30. The van der Waals surface area contributed by atoms with Crippen molar-refractivity contribution in [3.05, 3.63) is 28.3 Å². The van der Waals surface area contributed by atoms with E-state index in [0.717, 1.165) is 17.7 Å². The van der Waals surface area contributed by atoms with Gasteiger partial charge in [0, 0.05) is 16.3 Å². The van der Waals surface area contributed by atoms with Crippen molar-refractivity contribution in [1.82, 2.24) is 0 Å². The maximum Gasteiger partial charge on any atom is 0.228 e. The van der Waals surface area contributed by atoms with Crippen LogP contribution in [0, 0.1) is 5.41 Å². The van der Waals surface area contributed by atoms with Gasteiger partial charge in [-0.1, -0.05) is 32.4 Å². The van der Waals surface area contributed by atoms with E-state index >= 15 is 0 Å². The van der Waals surface area contributed by atoms with E-state index in [2.05, 4.69) is 5.32 Å². The molecule has 98 valence electrons. The number of anilines is 1. The van der Waals surface area contributed by atoms with E-state index in [9.17, 15) is 9.90 Å². The predicted molar refractivity (Wildman–Crippen MR) is 72.8 cm³/mol. The van der Waals surface area contributed by atoms with Gasteiger partial charge in [0.1, 0.15) is 0 Å². The second-order valence-electron chi connectivity index (χ2n) is 5.50. The largest absolute Gasteiger partial charge is 0.388 e. The minimum Gasteiger partial charge on any atom is -0.388 e. The lowest BCUT2D eigenvalue weighted by atomic mass is 9.80. The normalized spacial score (nSPS) is 16.4. The summed E-state index contributed by atoms with van der Waals surface area (Å²) in [7, 11) is 0. The lowest BCUT2D eigenvalue weighted by Crippen LogP contribution is -2.21. The summed E-state index contributed by atoms with van der Waals surface area (Å²) in [5.74, 6) is -0.0255. The third-order valence-electron chi connectivity index (χ3n) is 3.79. The van der Waals surface area contributed by atoms with Crippen molar-refractivity contribution in [3.8, 4) is 0 Å². The minimum absolute atomic E-state index is 0.0255. The van der Waals surface area contributed by atoms with Gasteiger partial charge in [-0.25, -0.2) is 0 Å². The van der Waals surface area contributed by atoms with Crippen LogP contribution in [0.1, 0.15) is 44.4 Å². The third kappa shape index (κ3) is 2.25. The second-order valence-corrected chi connectivity index (χ2v) is 5.91. The van der Waals surface area contributed by atoms with Crippen molar-refractivity contribution in [2.45, 2.75) is 39.7 Å². The quantitative estimate of drug-likeness (QED) is 0.883. The van der Waals surface area contributed by atoms with E-state index in [0.29, 0.717) is 17.0 Å². The molecule has 0 saturated carbocycles. The van der Waals surface area contributed by atoms with Crippen LogP contribution < -0.4 is 5.32 Å². The molecule has 1 aliphatic heterocycles. The second kappa shape index (κ2) is 4.56. The molecule has 1 aromatic rings. The van der Waals surface area contributed by atoms with Gasteiger partial charge in [-0.15, -0.1) is 0 Å². The molecular formula is C14H18ClNO2. The predicted octanol–water partition coefficient (Wildman–Crippen LogP) is 3.30. The molecule has 0 bridgehead atoms. The van der Waals surface area contributed by atoms with Gasteiger partial charge >= 0.3 is 0 Å². The van der Waals surface area contributed by atoms with E-state index in [4.69, 9.17) is 11.6 Å². The number of carbonyl (C=O) groups is 1. The van der Waals surface area contributed by atoms with Gasteiger partial charge in [0.25, 0.3) is 0 Å². The molecule has 0 aliphatic carbocycles. The lowest BCUT2D eigenvalue weighted by molar-refractivity contribution is -0.115. The minimum atomic E-state index is -0.629. The van der Waals surface area contributed by atoms with Crippen LogP contribution in [0.25, 0.3) is 0 Å². The zero-order valence-electron chi connectivity index (χ0n) is 10.9. The Morgan fingerprint density at radius 1 is 1.50 bits per heavy atom. The Kier molecular flexibility index (Phi) is 3.39. The van der Waals surface area contributed by atoms with Crippen LogP contribution in [0.5, 0.6) is 0 Å². The van der Waals surface area contributed by atoms with Crippen molar-refractivity contribution in [2.75, 3.05) is 5.32 Å². The maximum absolute atomic E-state index is 11.3. The van der Waals surface area contributed by atoms with Crippen molar-refractivity contribution < 1.29 is 9.90 Å². The Morgan fingerprint density at radius 3 is 2.78 bits per heavy atom. The number of rotatable bonds is 3. The molecule has 3 nitrogen and oxygen atoms in total. The van der Waals surface area contributed by atoms with Crippen LogP contribution in [0.2, 0.25) is 5.02 Å². The fraction of sp³-hybridized carbons (Fsp3) is 0.500.